The first-order chi connectivity index (χ1) is 10.1. The second-order valence-electron chi connectivity index (χ2n) is 7.26. The van der Waals surface area contributed by atoms with Crippen molar-refractivity contribution in [3.63, 3.8) is 0 Å². The van der Waals surface area contributed by atoms with E-state index in [1.165, 1.54) is 54.7 Å². The van der Waals surface area contributed by atoms with Crippen LogP contribution in [0, 0.1) is 5.41 Å². The molecule has 2 aliphatic carbocycles. The zero-order valence-corrected chi connectivity index (χ0v) is 14.4. The number of hydrogen-bond acceptors (Lipinski definition) is 3. The van der Waals surface area contributed by atoms with Gasteiger partial charge in [0.15, 0.2) is 0 Å². The molecule has 1 spiro atoms. The van der Waals surface area contributed by atoms with E-state index in [1.54, 1.807) is 0 Å². The Morgan fingerprint density at radius 3 is 2.76 bits per heavy atom. The highest BCUT2D eigenvalue weighted by atomic mass is 32.2. The lowest BCUT2D eigenvalue weighted by Crippen LogP contribution is -2.43. The molecule has 2 atom stereocenters. The van der Waals surface area contributed by atoms with Gasteiger partial charge < -0.3 is 5.11 Å². The predicted octanol–water partition coefficient (Wildman–Crippen LogP) is 5.18. The van der Waals surface area contributed by atoms with E-state index in [0.717, 1.165) is 6.42 Å². The minimum atomic E-state index is 0.435. The molecule has 1 aliphatic heterocycles. The van der Waals surface area contributed by atoms with Crippen molar-refractivity contribution in [2.24, 2.45) is 5.41 Å². The van der Waals surface area contributed by atoms with Gasteiger partial charge >= 0.3 is 0 Å². The lowest BCUT2D eigenvalue weighted by Gasteiger charge is -2.53. The second-order valence-corrected chi connectivity index (χ2v) is 10.5. The van der Waals surface area contributed by atoms with Crippen LogP contribution in [0.2, 0.25) is 0 Å². The van der Waals surface area contributed by atoms with Crippen molar-refractivity contribution >= 4 is 23.5 Å². The number of aromatic hydroxyl groups is 1. The summed E-state index contributed by atoms with van der Waals surface area (Å²) in [6.45, 7) is 2.51. The van der Waals surface area contributed by atoms with Crippen molar-refractivity contribution in [3.05, 3.63) is 29.3 Å². The predicted molar refractivity (Wildman–Crippen MR) is 93.4 cm³/mol. The molecule has 2 fully saturated rings. The van der Waals surface area contributed by atoms with Crippen LogP contribution in [0.1, 0.15) is 56.1 Å². The molecule has 1 N–H and O–H groups in total. The van der Waals surface area contributed by atoms with Crippen LogP contribution >= 0.6 is 23.5 Å². The largest absolute Gasteiger partial charge is 0.508 e. The first-order valence-electron chi connectivity index (χ1n) is 8.20. The third-order valence-electron chi connectivity index (χ3n) is 5.92. The van der Waals surface area contributed by atoms with E-state index in [9.17, 15) is 5.11 Å². The van der Waals surface area contributed by atoms with Crippen molar-refractivity contribution in [2.75, 3.05) is 11.5 Å². The van der Waals surface area contributed by atoms with Crippen LogP contribution in [-0.4, -0.2) is 20.7 Å². The highest BCUT2D eigenvalue weighted by Crippen LogP contribution is 2.63. The van der Waals surface area contributed by atoms with Gasteiger partial charge in [0.1, 0.15) is 5.75 Å². The van der Waals surface area contributed by atoms with Crippen molar-refractivity contribution < 1.29 is 5.11 Å². The summed E-state index contributed by atoms with van der Waals surface area (Å²) in [5.41, 5.74) is 3.42. The molecule has 3 heteroatoms. The molecular weight excluding hydrogens is 296 g/mol. The maximum absolute atomic E-state index is 9.78. The van der Waals surface area contributed by atoms with Gasteiger partial charge in [0.2, 0.25) is 0 Å². The van der Waals surface area contributed by atoms with E-state index in [2.05, 4.69) is 36.5 Å². The molecule has 3 aliphatic rings. The van der Waals surface area contributed by atoms with Crippen LogP contribution in [0.5, 0.6) is 5.75 Å². The normalized spacial score (nSPS) is 34.2. The summed E-state index contributed by atoms with van der Waals surface area (Å²) in [6, 6.07) is 6.12. The number of thioether (sulfide) groups is 2. The van der Waals surface area contributed by atoms with E-state index in [-0.39, 0.29) is 0 Å². The van der Waals surface area contributed by atoms with Gasteiger partial charge in [0, 0.05) is 0 Å². The Labute approximate surface area is 136 Å². The lowest BCUT2D eigenvalue weighted by atomic mass is 9.58. The van der Waals surface area contributed by atoms with Gasteiger partial charge in [-0.2, -0.15) is 0 Å². The molecule has 1 aromatic rings. The average Bonchev–Trinajstić information content (AvgIpc) is 2.49. The monoisotopic (exact) mass is 320 g/mol. The van der Waals surface area contributed by atoms with Gasteiger partial charge in [-0.3, -0.25) is 0 Å². The molecule has 0 amide bonds. The minimum Gasteiger partial charge on any atom is -0.508 e. The molecule has 0 unspecified atom stereocenters. The number of phenolic OH excluding ortho intramolecular Hbond substituents is 1. The maximum atomic E-state index is 9.78. The number of phenols is 1. The fourth-order valence-electron chi connectivity index (χ4n) is 4.54. The standard InChI is InChI=1S/C18H24OS2/c1-17-6-5-13-11-14(19)3-4-15(13)16(17)12-18(8-7-17)20-9-2-10-21-18/h3-4,11,16,19H,2,5-10,12H2,1H3/t16-,17+/m1/s1. The summed E-state index contributed by atoms with van der Waals surface area (Å²) in [5.74, 6) is 3.82. The Morgan fingerprint density at radius 1 is 1.14 bits per heavy atom. The van der Waals surface area contributed by atoms with Crippen LogP contribution in [0.15, 0.2) is 18.2 Å². The number of rotatable bonds is 0. The van der Waals surface area contributed by atoms with Gasteiger partial charge in [-0.25, -0.2) is 0 Å². The van der Waals surface area contributed by atoms with Gasteiger partial charge in [-0.1, -0.05) is 13.0 Å². The molecule has 1 nitrogen and oxygen atoms in total. The van der Waals surface area contributed by atoms with Crippen LogP contribution in [0.3, 0.4) is 0 Å². The fraction of sp³-hybridized carbons (Fsp3) is 0.667. The summed E-state index contributed by atoms with van der Waals surface area (Å²) >= 11 is 4.46. The third-order valence-corrected chi connectivity index (χ3v) is 9.41. The van der Waals surface area contributed by atoms with E-state index in [1.807, 2.05) is 12.1 Å². The smallest absolute Gasteiger partial charge is 0.115 e. The Morgan fingerprint density at radius 2 is 1.95 bits per heavy atom. The summed E-state index contributed by atoms with van der Waals surface area (Å²) in [4.78, 5) is 0. The highest BCUT2D eigenvalue weighted by molar-refractivity contribution is 8.18. The van der Waals surface area contributed by atoms with Crippen molar-refractivity contribution in [2.45, 2.75) is 55.4 Å². The van der Waals surface area contributed by atoms with Crippen LogP contribution in [0.4, 0.5) is 0 Å². The van der Waals surface area contributed by atoms with Gasteiger partial charge in [0.25, 0.3) is 0 Å². The van der Waals surface area contributed by atoms with Crippen molar-refractivity contribution in [3.8, 4) is 5.75 Å². The number of hydrogen-bond donors (Lipinski definition) is 1. The van der Waals surface area contributed by atoms with E-state index >= 15 is 0 Å². The number of benzene rings is 1. The first kappa shape index (κ1) is 14.3. The second kappa shape index (κ2) is 5.13. The molecule has 1 aromatic carbocycles. The SMILES string of the molecule is C[C@@]12CCc3cc(O)ccc3[C@H]1CC1(CC2)SCCCS1. The summed E-state index contributed by atoms with van der Waals surface area (Å²) < 4.78 is 0.481. The molecule has 1 saturated carbocycles. The van der Waals surface area contributed by atoms with E-state index in [4.69, 9.17) is 0 Å². The minimum absolute atomic E-state index is 0.435. The third kappa shape index (κ3) is 2.41. The summed E-state index contributed by atoms with van der Waals surface area (Å²) in [6.07, 6.45) is 7.91. The van der Waals surface area contributed by atoms with Crippen LogP contribution in [0.25, 0.3) is 0 Å². The maximum Gasteiger partial charge on any atom is 0.115 e. The average molecular weight is 321 g/mol. The Balaban J connectivity index is 1.70. The van der Waals surface area contributed by atoms with Crippen LogP contribution in [-0.2, 0) is 6.42 Å². The lowest BCUT2D eigenvalue weighted by molar-refractivity contribution is 0.144. The van der Waals surface area contributed by atoms with Gasteiger partial charge in [-0.15, -0.1) is 23.5 Å². The molecule has 0 bridgehead atoms. The molecule has 21 heavy (non-hydrogen) atoms. The molecule has 0 aromatic heterocycles. The summed E-state index contributed by atoms with van der Waals surface area (Å²) in [5, 5.41) is 9.78. The zero-order chi connectivity index (χ0) is 14.5. The molecule has 4 rings (SSSR count). The van der Waals surface area contributed by atoms with E-state index in [0.29, 0.717) is 21.2 Å². The highest BCUT2D eigenvalue weighted by Gasteiger charge is 2.50. The summed E-state index contributed by atoms with van der Waals surface area (Å²) in [7, 11) is 0. The van der Waals surface area contributed by atoms with Crippen LogP contribution < -0.4 is 0 Å². The van der Waals surface area contributed by atoms with E-state index < -0.39 is 0 Å². The Hall–Kier alpha value is -0.280. The molecule has 1 saturated heterocycles. The number of aryl methyl sites for hydroxylation is 1. The van der Waals surface area contributed by atoms with Gasteiger partial charge in [0.05, 0.1) is 4.08 Å². The molecule has 114 valence electrons. The Kier molecular flexibility index (Phi) is 3.50. The van der Waals surface area contributed by atoms with Crippen molar-refractivity contribution in [1.29, 1.82) is 0 Å². The fourth-order valence-corrected chi connectivity index (χ4v) is 7.94. The molecule has 0 radical (unpaired) electrons. The number of fused-ring (bicyclic) bond motifs is 3. The first-order valence-corrected chi connectivity index (χ1v) is 10.2. The topological polar surface area (TPSA) is 20.2 Å². The van der Waals surface area contributed by atoms with Crippen molar-refractivity contribution in [1.82, 2.24) is 0 Å². The van der Waals surface area contributed by atoms with Gasteiger partial charge in [-0.05, 0) is 84.6 Å². The zero-order valence-electron chi connectivity index (χ0n) is 12.7. The quantitative estimate of drug-likeness (QED) is 0.711. The molecule has 1 heterocycles. The molecular formula is C18H24OS2. The Bertz CT molecular complexity index is 550.